The molecular formula is C13H9F2N3OS. The third-order valence-electron chi connectivity index (χ3n) is 2.92. The molecule has 1 aromatic carbocycles. The summed E-state index contributed by atoms with van der Waals surface area (Å²) in [5, 5.41) is 12.9. The minimum Gasteiger partial charge on any atom is -0.493 e. The van der Waals surface area contributed by atoms with Crippen molar-refractivity contribution in [2.24, 2.45) is 0 Å². The minimum absolute atomic E-state index is 0.0594. The van der Waals surface area contributed by atoms with E-state index in [2.05, 4.69) is 22.7 Å². The molecule has 20 heavy (non-hydrogen) atoms. The molecule has 4 nitrogen and oxygen atoms in total. The highest BCUT2D eigenvalue weighted by atomic mass is 32.1. The Bertz CT molecular complexity index is 790. The average molecular weight is 293 g/mol. The highest BCUT2D eigenvalue weighted by molar-refractivity contribution is 7.80. The van der Waals surface area contributed by atoms with Crippen LogP contribution in [0.2, 0.25) is 0 Å². The van der Waals surface area contributed by atoms with Crippen molar-refractivity contribution >= 4 is 18.3 Å². The van der Waals surface area contributed by atoms with Gasteiger partial charge in [0.15, 0.2) is 17.3 Å². The van der Waals surface area contributed by atoms with E-state index in [1.165, 1.54) is 28.9 Å². The van der Waals surface area contributed by atoms with Crippen LogP contribution in [0.4, 0.5) is 8.78 Å². The van der Waals surface area contributed by atoms with Gasteiger partial charge in [0.05, 0.1) is 17.1 Å². The molecule has 2 aromatic heterocycles. The van der Waals surface area contributed by atoms with Gasteiger partial charge in [-0.2, -0.15) is 22.2 Å². The van der Waals surface area contributed by atoms with Gasteiger partial charge in [0, 0.05) is 17.7 Å². The fourth-order valence-electron chi connectivity index (χ4n) is 1.95. The van der Waals surface area contributed by atoms with Crippen LogP contribution in [0.25, 0.3) is 5.65 Å². The van der Waals surface area contributed by atoms with Gasteiger partial charge in [0.1, 0.15) is 0 Å². The molecule has 0 amide bonds. The number of hydrogen-bond donors (Lipinski definition) is 2. The van der Waals surface area contributed by atoms with Gasteiger partial charge in [0.2, 0.25) is 5.88 Å². The molecule has 2 heterocycles. The third kappa shape index (κ3) is 2.00. The number of hydrogen-bond acceptors (Lipinski definition) is 4. The van der Waals surface area contributed by atoms with Gasteiger partial charge in [0.25, 0.3) is 0 Å². The van der Waals surface area contributed by atoms with Crippen LogP contribution in [-0.4, -0.2) is 19.7 Å². The Morgan fingerprint density at radius 3 is 2.85 bits per heavy atom. The summed E-state index contributed by atoms with van der Waals surface area (Å²) < 4.78 is 28.2. The SMILES string of the molecule is Oc1cc(C(S)c2cccc(F)c2F)nc2ccnn12. The van der Waals surface area contributed by atoms with Crippen molar-refractivity contribution < 1.29 is 13.9 Å². The second kappa shape index (κ2) is 4.75. The van der Waals surface area contributed by atoms with E-state index in [1.54, 1.807) is 6.07 Å². The van der Waals surface area contributed by atoms with Crippen molar-refractivity contribution in [3.05, 3.63) is 59.4 Å². The topological polar surface area (TPSA) is 50.4 Å². The van der Waals surface area contributed by atoms with Gasteiger partial charge >= 0.3 is 0 Å². The predicted molar refractivity (Wildman–Crippen MR) is 71.8 cm³/mol. The molecule has 3 aromatic rings. The largest absolute Gasteiger partial charge is 0.493 e. The minimum atomic E-state index is -0.970. The molecule has 0 saturated carbocycles. The smallest absolute Gasteiger partial charge is 0.215 e. The van der Waals surface area contributed by atoms with E-state index in [0.717, 1.165) is 6.07 Å². The highest BCUT2D eigenvalue weighted by Gasteiger charge is 2.19. The lowest BCUT2D eigenvalue weighted by Crippen LogP contribution is -2.03. The van der Waals surface area contributed by atoms with Crippen LogP contribution < -0.4 is 0 Å². The summed E-state index contributed by atoms with van der Waals surface area (Å²) in [6.07, 6.45) is 1.47. The summed E-state index contributed by atoms with van der Waals surface area (Å²) in [6, 6.07) is 6.77. The number of thiol groups is 1. The maximum atomic E-state index is 13.8. The summed E-state index contributed by atoms with van der Waals surface area (Å²) in [6.45, 7) is 0. The maximum absolute atomic E-state index is 13.8. The molecular weight excluding hydrogens is 284 g/mol. The lowest BCUT2D eigenvalue weighted by molar-refractivity contribution is 0.434. The molecule has 0 aliphatic carbocycles. The molecule has 1 N–H and O–H groups in total. The first-order chi connectivity index (χ1) is 9.58. The molecule has 0 aliphatic heterocycles. The molecule has 0 bridgehead atoms. The number of nitrogens with zero attached hydrogens (tertiary/aromatic N) is 3. The maximum Gasteiger partial charge on any atom is 0.215 e. The number of aromatic hydroxyl groups is 1. The Morgan fingerprint density at radius 1 is 1.25 bits per heavy atom. The molecule has 0 aliphatic rings. The molecule has 1 atom stereocenters. The highest BCUT2D eigenvalue weighted by Crippen LogP contribution is 2.31. The predicted octanol–water partition coefficient (Wildman–Crippen LogP) is 2.73. The van der Waals surface area contributed by atoms with Gasteiger partial charge in [-0.15, -0.1) is 0 Å². The van der Waals surface area contributed by atoms with Crippen molar-refractivity contribution in [2.45, 2.75) is 5.25 Å². The molecule has 102 valence electrons. The molecule has 0 spiro atoms. The van der Waals surface area contributed by atoms with Gasteiger partial charge < -0.3 is 5.11 Å². The fourth-order valence-corrected chi connectivity index (χ4v) is 2.28. The molecule has 3 rings (SSSR count). The van der Waals surface area contributed by atoms with Gasteiger partial charge in [-0.3, -0.25) is 0 Å². The van der Waals surface area contributed by atoms with E-state index in [-0.39, 0.29) is 11.4 Å². The summed E-state index contributed by atoms with van der Waals surface area (Å²) in [7, 11) is 0. The van der Waals surface area contributed by atoms with E-state index >= 15 is 0 Å². The van der Waals surface area contributed by atoms with Crippen LogP contribution in [0.5, 0.6) is 5.88 Å². The fraction of sp³-hybridized carbons (Fsp3) is 0.0769. The standard InChI is InChI=1S/C13H9F2N3OS/c14-8-3-1-2-7(12(8)15)13(20)9-6-11(19)18-10(17-9)4-5-16-18/h1-6,13,19-20H. The van der Waals surface area contributed by atoms with Crippen molar-refractivity contribution in [1.29, 1.82) is 0 Å². The third-order valence-corrected chi connectivity index (χ3v) is 3.46. The van der Waals surface area contributed by atoms with E-state index in [1.807, 2.05) is 0 Å². The number of rotatable bonds is 2. The first kappa shape index (κ1) is 12.9. The Hall–Kier alpha value is -2.15. The van der Waals surface area contributed by atoms with Crippen LogP contribution in [0.3, 0.4) is 0 Å². The quantitative estimate of drug-likeness (QED) is 0.714. The van der Waals surface area contributed by atoms with Crippen molar-refractivity contribution in [2.75, 3.05) is 0 Å². The zero-order valence-electron chi connectivity index (χ0n) is 10.0. The number of halogens is 2. The Balaban J connectivity index is 2.12. The van der Waals surface area contributed by atoms with Crippen LogP contribution in [0.1, 0.15) is 16.5 Å². The zero-order valence-corrected chi connectivity index (χ0v) is 10.9. The van der Waals surface area contributed by atoms with Crippen molar-refractivity contribution in [3.63, 3.8) is 0 Å². The average Bonchev–Trinajstić information content (AvgIpc) is 2.90. The van der Waals surface area contributed by atoms with Crippen LogP contribution in [0.15, 0.2) is 36.5 Å². The van der Waals surface area contributed by atoms with Gasteiger partial charge in [-0.05, 0) is 6.07 Å². The van der Waals surface area contributed by atoms with Gasteiger partial charge in [-0.1, -0.05) is 12.1 Å². The van der Waals surface area contributed by atoms with E-state index in [9.17, 15) is 13.9 Å². The Kier molecular flexibility index (Phi) is 3.06. The van der Waals surface area contributed by atoms with Gasteiger partial charge in [-0.25, -0.2) is 13.8 Å². The van der Waals surface area contributed by atoms with Crippen molar-refractivity contribution in [1.82, 2.24) is 14.6 Å². The molecule has 0 radical (unpaired) electrons. The summed E-state index contributed by atoms with van der Waals surface area (Å²) in [4.78, 5) is 4.22. The molecule has 1 unspecified atom stereocenters. The normalized spacial score (nSPS) is 12.8. The molecule has 0 saturated heterocycles. The molecule has 7 heteroatoms. The first-order valence-electron chi connectivity index (χ1n) is 5.73. The summed E-state index contributed by atoms with van der Waals surface area (Å²) in [5.41, 5.74) is 0.767. The van der Waals surface area contributed by atoms with Crippen LogP contribution in [-0.2, 0) is 0 Å². The monoisotopic (exact) mass is 293 g/mol. The first-order valence-corrected chi connectivity index (χ1v) is 6.25. The number of benzene rings is 1. The number of aromatic nitrogens is 3. The summed E-state index contributed by atoms with van der Waals surface area (Å²) in [5.74, 6) is -2.07. The van der Waals surface area contributed by atoms with Crippen LogP contribution in [0, 0.1) is 11.6 Å². The zero-order chi connectivity index (χ0) is 14.3. The Morgan fingerprint density at radius 2 is 2.05 bits per heavy atom. The van der Waals surface area contributed by atoms with E-state index < -0.39 is 16.9 Å². The van der Waals surface area contributed by atoms with E-state index in [4.69, 9.17) is 0 Å². The lowest BCUT2D eigenvalue weighted by atomic mass is 10.1. The van der Waals surface area contributed by atoms with E-state index in [0.29, 0.717) is 11.3 Å². The Labute approximate surface area is 118 Å². The summed E-state index contributed by atoms with van der Waals surface area (Å²) >= 11 is 4.27. The van der Waals surface area contributed by atoms with Crippen molar-refractivity contribution in [3.8, 4) is 5.88 Å². The van der Waals surface area contributed by atoms with Crippen LogP contribution >= 0.6 is 12.6 Å². The lowest BCUT2D eigenvalue weighted by Gasteiger charge is -2.12. The second-order valence-corrected chi connectivity index (χ2v) is 4.70. The second-order valence-electron chi connectivity index (χ2n) is 4.19. The molecule has 0 fully saturated rings. The number of fused-ring (bicyclic) bond motifs is 1.